The van der Waals surface area contributed by atoms with Crippen LogP contribution in [0.15, 0.2) is 146 Å². The van der Waals surface area contributed by atoms with Crippen LogP contribution in [0.4, 0.5) is 0 Å². The van der Waals surface area contributed by atoms with Crippen molar-refractivity contribution in [3.63, 3.8) is 0 Å². The molecule has 244 valence electrons. The van der Waals surface area contributed by atoms with Gasteiger partial charge in [-0.2, -0.15) is 0 Å². The predicted octanol–water partition coefficient (Wildman–Crippen LogP) is 7.26. The van der Waals surface area contributed by atoms with Gasteiger partial charge in [-0.25, -0.2) is 0 Å². The largest absolute Gasteiger partial charge is 0.374 e. The minimum Gasteiger partial charge on any atom is -0.374 e. The predicted molar refractivity (Wildman–Crippen MR) is 194 cm³/mol. The lowest BCUT2D eigenvalue weighted by molar-refractivity contribution is -0.207. The van der Waals surface area contributed by atoms with Crippen LogP contribution < -0.4 is 5.32 Å². The van der Waals surface area contributed by atoms with E-state index >= 15 is 0 Å². The van der Waals surface area contributed by atoms with E-state index in [0.717, 1.165) is 33.0 Å². The van der Waals surface area contributed by atoms with Gasteiger partial charge in [-0.3, -0.25) is 4.79 Å². The maximum atomic E-state index is 14.4. The van der Waals surface area contributed by atoms with Gasteiger partial charge in [-0.05, 0) is 33.5 Å². The summed E-state index contributed by atoms with van der Waals surface area (Å²) in [6, 6.07) is 43.7. The van der Waals surface area contributed by atoms with Crippen molar-refractivity contribution in [1.29, 1.82) is 0 Å². The molecular formula is C41H40N2O4S. The molecule has 1 fully saturated rings. The first-order valence-electron chi connectivity index (χ1n) is 16.3. The number of hydrogen-bond donors (Lipinski definition) is 1. The van der Waals surface area contributed by atoms with Crippen molar-refractivity contribution < 1.29 is 19.0 Å². The highest BCUT2D eigenvalue weighted by molar-refractivity contribution is 7.80. The number of rotatable bonds is 14. The Labute approximate surface area is 288 Å². The minimum absolute atomic E-state index is 0.174. The summed E-state index contributed by atoms with van der Waals surface area (Å²) in [5.41, 5.74) is 3.89. The summed E-state index contributed by atoms with van der Waals surface area (Å²) >= 11 is 5.90. The van der Waals surface area contributed by atoms with Crippen molar-refractivity contribution in [1.82, 2.24) is 10.2 Å². The highest BCUT2D eigenvalue weighted by Gasteiger charge is 2.50. The summed E-state index contributed by atoms with van der Waals surface area (Å²) in [5.74, 6) is -0.174. The van der Waals surface area contributed by atoms with Crippen LogP contribution in [-0.2, 0) is 38.8 Å². The molecule has 1 N–H and O–H groups in total. The molecule has 6 rings (SSSR count). The number of likely N-dealkylation sites (tertiary alicyclic amines) is 1. The van der Waals surface area contributed by atoms with Gasteiger partial charge in [0.25, 0.3) is 5.91 Å². The second-order valence-electron chi connectivity index (χ2n) is 11.9. The molecule has 6 nitrogen and oxygen atoms in total. The van der Waals surface area contributed by atoms with Crippen LogP contribution in [0.25, 0.3) is 10.8 Å². The zero-order valence-corrected chi connectivity index (χ0v) is 27.6. The van der Waals surface area contributed by atoms with Crippen LogP contribution in [0.2, 0.25) is 0 Å². The van der Waals surface area contributed by atoms with E-state index in [1.54, 1.807) is 11.0 Å². The number of piperidine rings is 1. The summed E-state index contributed by atoms with van der Waals surface area (Å²) in [6.07, 6.45) is -0.426. The summed E-state index contributed by atoms with van der Waals surface area (Å²) in [7, 11) is 0. The topological polar surface area (TPSA) is 60.0 Å². The fourth-order valence-electron chi connectivity index (χ4n) is 6.10. The first-order valence-corrected chi connectivity index (χ1v) is 16.7. The Balaban J connectivity index is 1.31. The van der Waals surface area contributed by atoms with E-state index in [0.29, 0.717) is 31.3 Å². The molecule has 1 aliphatic heterocycles. The molecule has 0 aromatic heterocycles. The Hall–Kier alpha value is -4.66. The van der Waals surface area contributed by atoms with Crippen molar-refractivity contribution in [3.05, 3.63) is 168 Å². The normalized spacial score (nSPS) is 19.2. The van der Waals surface area contributed by atoms with Gasteiger partial charge < -0.3 is 24.4 Å². The molecule has 0 spiro atoms. The number of fused-ring (bicyclic) bond motifs is 1. The Morgan fingerprint density at radius 2 is 1.21 bits per heavy atom. The fourth-order valence-corrected chi connectivity index (χ4v) is 6.31. The molecule has 1 amide bonds. The lowest BCUT2D eigenvalue weighted by atomic mass is 9.91. The van der Waals surface area contributed by atoms with E-state index in [1.165, 1.54) is 0 Å². The second-order valence-corrected chi connectivity index (χ2v) is 12.3. The molecule has 5 aromatic rings. The molecule has 0 unspecified atom stereocenters. The van der Waals surface area contributed by atoms with Crippen LogP contribution in [0.1, 0.15) is 22.3 Å². The number of amides is 1. The number of carbonyl (C=O) groups is 1. The first-order chi connectivity index (χ1) is 23.6. The number of carbonyl (C=O) groups excluding carboxylic acids is 1. The van der Waals surface area contributed by atoms with Gasteiger partial charge in [0.05, 0.1) is 25.9 Å². The van der Waals surface area contributed by atoms with Crippen LogP contribution in [0.5, 0.6) is 0 Å². The van der Waals surface area contributed by atoms with Gasteiger partial charge in [0, 0.05) is 18.7 Å². The number of hydrogen-bond acceptors (Lipinski definition) is 5. The van der Waals surface area contributed by atoms with Crippen molar-refractivity contribution in [2.24, 2.45) is 0 Å². The second kappa shape index (κ2) is 16.4. The van der Waals surface area contributed by atoms with Gasteiger partial charge in [0.15, 0.2) is 6.10 Å². The zero-order chi connectivity index (χ0) is 33.1. The minimum atomic E-state index is -0.904. The average Bonchev–Trinajstić information content (AvgIpc) is 3.14. The Bertz CT molecular complexity index is 1800. The third-order valence-corrected chi connectivity index (χ3v) is 8.96. The maximum absolute atomic E-state index is 14.4. The van der Waals surface area contributed by atoms with Crippen molar-refractivity contribution in [2.45, 2.75) is 44.2 Å². The quantitative estimate of drug-likeness (QED) is 0.100. The summed E-state index contributed by atoms with van der Waals surface area (Å²) in [4.78, 5) is 16.8. The van der Waals surface area contributed by atoms with E-state index in [-0.39, 0.29) is 12.5 Å². The summed E-state index contributed by atoms with van der Waals surface area (Å²) in [6.45, 7) is 5.53. The molecule has 0 bridgehead atoms. The molecule has 48 heavy (non-hydrogen) atoms. The van der Waals surface area contributed by atoms with E-state index in [9.17, 15) is 4.79 Å². The number of ether oxygens (including phenoxy) is 3. The fraction of sp³-hybridized carbons (Fsp3) is 0.220. The van der Waals surface area contributed by atoms with Gasteiger partial charge in [-0.1, -0.05) is 146 Å². The lowest BCUT2D eigenvalue weighted by Crippen LogP contribution is -2.68. The van der Waals surface area contributed by atoms with Gasteiger partial charge in [-0.15, -0.1) is 6.58 Å². The monoisotopic (exact) mass is 656 g/mol. The Kier molecular flexibility index (Phi) is 11.4. The molecule has 1 aliphatic rings. The van der Waals surface area contributed by atoms with Crippen LogP contribution in [0.3, 0.4) is 0 Å². The first kappa shape index (κ1) is 33.2. The summed E-state index contributed by atoms with van der Waals surface area (Å²) < 4.78 is 19.9. The maximum Gasteiger partial charge on any atom is 0.255 e. The van der Waals surface area contributed by atoms with Crippen molar-refractivity contribution in [3.8, 4) is 0 Å². The van der Waals surface area contributed by atoms with Crippen LogP contribution in [0, 0.1) is 0 Å². The van der Waals surface area contributed by atoms with E-state index in [4.69, 9.17) is 26.4 Å². The third-order valence-electron chi connectivity index (χ3n) is 8.58. The number of nitrogens with zero attached hydrogens (tertiary/aromatic N) is 1. The number of thiocarbonyl (C=S) groups is 1. The van der Waals surface area contributed by atoms with Crippen molar-refractivity contribution >= 4 is 33.9 Å². The molecule has 0 saturated carbocycles. The number of nitrogens with one attached hydrogen (secondary N) is 1. The highest BCUT2D eigenvalue weighted by atomic mass is 32.1. The highest BCUT2D eigenvalue weighted by Crippen LogP contribution is 2.30. The number of benzene rings is 5. The molecule has 5 aromatic carbocycles. The average molecular weight is 657 g/mol. The molecule has 0 aliphatic carbocycles. The lowest BCUT2D eigenvalue weighted by Gasteiger charge is -2.47. The smallest absolute Gasteiger partial charge is 0.255 e. The zero-order valence-electron chi connectivity index (χ0n) is 26.8. The standard InChI is InChI=1S/C41H40N2O4S/c1-2-24-43-36(26-42-40(48)35-23-22-33-20-12-13-21-34(33)25-35)37(45-27-30-14-6-3-7-15-30)38(46-28-31-16-8-4-9-17-31)39(41(43)44)47-29-32-18-10-5-11-19-32/h2-23,25,36-39H,1,24,26-29H2,(H,42,48)/t36-,37-,38-,39-/m1/s1. The van der Waals surface area contributed by atoms with Gasteiger partial charge >= 0.3 is 0 Å². The third kappa shape index (κ3) is 8.24. The molecule has 0 radical (unpaired) electrons. The molecule has 4 atom stereocenters. The van der Waals surface area contributed by atoms with Crippen LogP contribution in [-0.4, -0.2) is 53.2 Å². The van der Waals surface area contributed by atoms with E-state index in [1.807, 2.05) is 109 Å². The summed E-state index contributed by atoms with van der Waals surface area (Å²) in [5, 5.41) is 5.72. The van der Waals surface area contributed by atoms with Crippen LogP contribution >= 0.6 is 12.2 Å². The Morgan fingerprint density at radius 1 is 0.688 bits per heavy atom. The molecule has 1 saturated heterocycles. The van der Waals surface area contributed by atoms with E-state index in [2.05, 4.69) is 36.2 Å². The molecule has 7 heteroatoms. The molecular weight excluding hydrogens is 617 g/mol. The van der Waals surface area contributed by atoms with Gasteiger partial charge in [0.2, 0.25) is 0 Å². The van der Waals surface area contributed by atoms with Gasteiger partial charge in [0.1, 0.15) is 17.2 Å². The molecule has 1 heterocycles. The van der Waals surface area contributed by atoms with Crippen molar-refractivity contribution in [2.75, 3.05) is 13.1 Å². The Morgan fingerprint density at radius 3 is 1.79 bits per heavy atom. The van der Waals surface area contributed by atoms with E-state index < -0.39 is 24.4 Å². The SMILES string of the molecule is C=CCN1C(=O)[C@H](OCc2ccccc2)[C@H](OCc2ccccc2)[C@H](OCc2ccccc2)[C@H]1CNC(=S)c1ccc2ccccc2c1.